The van der Waals surface area contributed by atoms with E-state index in [2.05, 4.69) is 10.3 Å². The lowest BCUT2D eigenvalue weighted by Gasteiger charge is -2.16. The van der Waals surface area contributed by atoms with Gasteiger partial charge in [-0.15, -0.1) is 0 Å². The fraction of sp³-hybridized carbons (Fsp3) is 0.143. The van der Waals surface area contributed by atoms with E-state index in [1.807, 2.05) is 0 Å². The van der Waals surface area contributed by atoms with Gasteiger partial charge in [0.05, 0.1) is 16.8 Å². The summed E-state index contributed by atoms with van der Waals surface area (Å²) in [5.41, 5.74) is -0.00670. The third-order valence-corrected chi connectivity index (χ3v) is 5.45. The molecule has 0 unspecified atom stereocenters. The fourth-order valence-corrected chi connectivity index (χ4v) is 3.30. The van der Waals surface area contributed by atoms with E-state index in [1.165, 1.54) is 37.4 Å². The number of amides is 1. The maximum atomic E-state index is 13.3. The topological polar surface area (TPSA) is 91.4 Å². The van der Waals surface area contributed by atoms with Crippen molar-refractivity contribution in [2.45, 2.75) is 26.9 Å². The summed E-state index contributed by atoms with van der Waals surface area (Å²) in [5.74, 6) is -1.75. The van der Waals surface area contributed by atoms with Crippen LogP contribution in [0.4, 0.5) is 27.6 Å². The summed E-state index contributed by atoms with van der Waals surface area (Å²) in [4.78, 5) is 26.7. The average Bonchev–Trinajstić information content (AvgIpc) is 2.85. The zero-order valence-electron chi connectivity index (χ0n) is 20.9. The number of pyridine rings is 1. The smallest absolute Gasteiger partial charge is 0.416 e. The van der Waals surface area contributed by atoms with E-state index in [9.17, 15) is 31.5 Å². The lowest BCUT2D eigenvalue weighted by molar-refractivity contribution is -0.137. The number of rotatable bonds is 4. The SMILES string of the molecule is Cc1c[nH]c(=O)cc1NC(=O)c1ccc(C(F)(F)F)cc1Oc1ccc(F)cc1C.Cc1cc(F)ccc1O. The van der Waals surface area contributed by atoms with Crippen LogP contribution in [0.25, 0.3) is 0 Å². The van der Waals surface area contributed by atoms with E-state index >= 15 is 0 Å². The van der Waals surface area contributed by atoms with Gasteiger partial charge in [-0.1, -0.05) is 0 Å². The van der Waals surface area contributed by atoms with Crippen molar-refractivity contribution in [1.82, 2.24) is 4.98 Å². The van der Waals surface area contributed by atoms with Gasteiger partial charge in [-0.2, -0.15) is 13.2 Å². The minimum atomic E-state index is -4.66. The first kappa shape index (κ1) is 28.9. The van der Waals surface area contributed by atoms with Gasteiger partial charge in [0.15, 0.2) is 0 Å². The Morgan fingerprint density at radius 1 is 0.846 bits per heavy atom. The predicted octanol–water partition coefficient (Wildman–Crippen LogP) is 7.03. The Morgan fingerprint density at radius 3 is 2.08 bits per heavy atom. The lowest BCUT2D eigenvalue weighted by atomic mass is 10.1. The first-order valence-corrected chi connectivity index (χ1v) is 11.4. The van der Waals surface area contributed by atoms with Crippen molar-refractivity contribution in [3.05, 3.63) is 117 Å². The molecule has 4 aromatic rings. The largest absolute Gasteiger partial charge is 0.508 e. The highest BCUT2D eigenvalue weighted by Crippen LogP contribution is 2.36. The maximum absolute atomic E-state index is 13.3. The number of anilines is 1. The number of alkyl halides is 3. The summed E-state index contributed by atoms with van der Waals surface area (Å²) < 4.78 is 70.6. The van der Waals surface area contributed by atoms with Gasteiger partial charge in [-0.05, 0) is 92.1 Å². The van der Waals surface area contributed by atoms with Gasteiger partial charge >= 0.3 is 6.18 Å². The highest BCUT2D eigenvalue weighted by Gasteiger charge is 2.32. The molecule has 0 bridgehead atoms. The number of ether oxygens (including phenoxy) is 1. The van der Waals surface area contributed by atoms with E-state index in [-0.39, 0.29) is 34.3 Å². The Balaban J connectivity index is 0.000000395. The van der Waals surface area contributed by atoms with Crippen LogP contribution in [0.3, 0.4) is 0 Å². The van der Waals surface area contributed by atoms with E-state index < -0.39 is 29.0 Å². The summed E-state index contributed by atoms with van der Waals surface area (Å²) in [6.45, 7) is 4.81. The van der Waals surface area contributed by atoms with Crippen LogP contribution in [0.1, 0.15) is 32.6 Å². The predicted molar refractivity (Wildman–Crippen MR) is 135 cm³/mol. The van der Waals surface area contributed by atoms with Gasteiger partial charge in [-0.3, -0.25) is 9.59 Å². The number of benzene rings is 3. The zero-order valence-corrected chi connectivity index (χ0v) is 20.9. The third-order valence-electron chi connectivity index (χ3n) is 5.45. The second-order valence-corrected chi connectivity index (χ2v) is 8.50. The Bertz CT molecular complexity index is 1560. The Kier molecular flexibility index (Phi) is 8.74. The minimum Gasteiger partial charge on any atom is -0.508 e. The van der Waals surface area contributed by atoms with E-state index in [0.29, 0.717) is 22.8 Å². The number of aromatic hydroxyl groups is 1. The van der Waals surface area contributed by atoms with Crippen molar-refractivity contribution in [3.8, 4) is 17.2 Å². The van der Waals surface area contributed by atoms with Crippen molar-refractivity contribution in [2.75, 3.05) is 5.32 Å². The van der Waals surface area contributed by atoms with Crippen molar-refractivity contribution in [1.29, 1.82) is 0 Å². The van der Waals surface area contributed by atoms with Crippen LogP contribution < -0.4 is 15.6 Å². The fourth-order valence-electron chi connectivity index (χ4n) is 3.30. The number of phenolic OH excluding ortho intramolecular Hbond substituents is 1. The van der Waals surface area contributed by atoms with Crippen LogP contribution in [-0.4, -0.2) is 16.0 Å². The minimum absolute atomic E-state index is 0.0945. The summed E-state index contributed by atoms with van der Waals surface area (Å²) in [6.07, 6.45) is -3.27. The molecule has 0 aliphatic rings. The molecule has 0 saturated carbocycles. The second kappa shape index (κ2) is 11.8. The highest BCUT2D eigenvalue weighted by atomic mass is 19.4. The van der Waals surface area contributed by atoms with E-state index in [1.54, 1.807) is 13.8 Å². The number of phenols is 1. The molecule has 39 heavy (non-hydrogen) atoms. The molecule has 0 saturated heterocycles. The van der Waals surface area contributed by atoms with Gasteiger partial charge in [-0.25, -0.2) is 8.78 Å². The summed E-state index contributed by atoms with van der Waals surface area (Å²) >= 11 is 0. The first-order chi connectivity index (χ1) is 18.2. The third kappa shape index (κ3) is 7.67. The van der Waals surface area contributed by atoms with Crippen molar-refractivity contribution in [2.24, 2.45) is 0 Å². The number of hydrogen-bond acceptors (Lipinski definition) is 4. The molecule has 0 aliphatic heterocycles. The molecular weight excluding hydrogens is 523 g/mol. The molecule has 0 fully saturated rings. The number of aryl methyl sites for hydroxylation is 3. The number of aromatic nitrogens is 1. The molecule has 1 amide bonds. The number of hydrogen-bond donors (Lipinski definition) is 3. The molecule has 0 spiro atoms. The highest BCUT2D eigenvalue weighted by molar-refractivity contribution is 6.06. The molecule has 4 rings (SSSR count). The normalized spacial score (nSPS) is 10.9. The molecule has 6 nitrogen and oxygen atoms in total. The van der Waals surface area contributed by atoms with Gasteiger partial charge in [0.2, 0.25) is 5.56 Å². The number of halogens is 5. The summed E-state index contributed by atoms with van der Waals surface area (Å²) in [6, 6.07) is 10.9. The van der Waals surface area contributed by atoms with Crippen LogP contribution >= 0.6 is 0 Å². The summed E-state index contributed by atoms with van der Waals surface area (Å²) in [7, 11) is 0. The molecule has 3 aromatic carbocycles. The number of H-pyrrole nitrogens is 1. The van der Waals surface area contributed by atoms with Crippen molar-refractivity contribution >= 4 is 11.6 Å². The van der Waals surface area contributed by atoms with Crippen molar-refractivity contribution in [3.63, 3.8) is 0 Å². The van der Waals surface area contributed by atoms with E-state index in [0.717, 1.165) is 30.3 Å². The number of aromatic amines is 1. The van der Waals surface area contributed by atoms with Crippen LogP contribution in [0.15, 0.2) is 71.7 Å². The maximum Gasteiger partial charge on any atom is 0.416 e. The summed E-state index contributed by atoms with van der Waals surface area (Å²) in [5, 5.41) is 11.4. The average molecular weight is 546 g/mol. The monoisotopic (exact) mass is 546 g/mol. The van der Waals surface area contributed by atoms with Gasteiger partial charge in [0, 0.05) is 12.3 Å². The van der Waals surface area contributed by atoms with Crippen LogP contribution in [0, 0.1) is 32.4 Å². The molecule has 1 heterocycles. The Hall–Kier alpha value is -4.67. The lowest BCUT2D eigenvalue weighted by Crippen LogP contribution is -2.17. The number of carbonyl (C=O) groups excluding carboxylic acids is 1. The Labute approximate surface area is 219 Å². The quantitative estimate of drug-likeness (QED) is 0.240. The zero-order chi connectivity index (χ0) is 28.9. The molecule has 0 aliphatic carbocycles. The molecule has 0 radical (unpaired) electrons. The van der Waals surface area contributed by atoms with Gasteiger partial charge in [0.1, 0.15) is 28.9 Å². The standard InChI is InChI=1S/C21H16F4N2O3.C7H7FO/c1-11-7-14(22)4-6-17(11)30-18-8-13(21(23,24)25)3-5-15(18)20(29)27-16-9-19(28)26-10-12(16)2;1-5-4-6(8)2-3-7(5)9/h3-10H,1-2H3,(H2,26,27,28,29);2-4,9H,1H3. The van der Waals surface area contributed by atoms with E-state index in [4.69, 9.17) is 9.84 Å². The number of nitrogens with one attached hydrogen (secondary N) is 2. The molecule has 1 aromatic heterocycles. The molecule has 3 N–H and O–H groups in total. The first-order valence-electron chi connectivity index (χ1n) is 11.4. The molecule has 0 atom stereocenters. The number of carbonyl (C=O) groups is 1. The van der Waals surface area contributed by atoms with Gasteiger partial charge in [0.25, 0.3) is 5.91 Å². The molecule has 204 valence electrons. The van der Waals surface area contributed by atoms with Crippen molar-refractivity contribution < 1.29 is 36.6 Å². The van der Waals surface area contributed by atoms with Crippen LogP contribution in [-0.2, 0) is 6.18 Å². The van der Waals surface area contributed by atoms with Crippen LogP contribution in [0.5, 0.6) is 17.2 Å². The second-order valence-electron chi connectivity index (χ2n) is 8.50. The molecular formula is C28H23F5N2O4. The van der Waals surface area contributed by atoms with Gasteiger partial charge < -0.3 is 20.1 Å². The molecule has 11 heteroatoms. The van der Waals surface area contributed by atoms with Crippen LogP contribution in [0.2, 0.25) is 0 Å². The Morgan fingerprint density at radius 2 is 1.49 bits per heavy atom.